The molecule has 0 aromatic carbocycles. The lowest BCUT2D eigenvalue weighted by atomic mass is 9.40. The van der Waals surface area contributed by atoms with Crippen molar-refractivity contribution >= 4 is 0 Å². The summed E-state index contributed by atoms with van der Waals surface area (Å²) in [4.78, 5) is 1.02. The van der Waals surface area contributed by atoms with Gasteiger partial charge in [0, 0.05) is 0 Å². The molecule has 27 heteroatoms. The van der Waals surface area contributed by atoms with Crippen LogP contribution in [0.5, 0.6) is 0 Å². The molecule has 0 aliphatic heterocycles. The van der Waals surface area contributed by atoms with Gasteiger partial charge in [-0.3, -0.25) is 4.74 Å². The van der Waals surface area contributed by atoms with Gasteiger partial charge in [-0.25, -0.2) is 17.9 Å². The molecule has 4 bridgehead atoms. The second-order valence-corrected chi connectivity index (χ2v) is 8.45. The van der Waals surface area contributed by atoms with Crippen LogP contribution in [-0.4, -0.2) is 82.6 Å². The Morgan fingerprint density at radius 1 is 0.341 bits per heavy atom. The molecule has 0 N–H and O–H groups in total. The highest BCUT2D eigenvalue weighted by atomic mass is 19.4. The molecule has 4 rings (SSSR count). The van der Waals surface area contributed by atoms with Crippen molar-refractivity contribution in [3.8, 4) is 0 Å². The van der Waals surface area contributed by atoms with E-state index in [2.05, 4.69) is 0 Å². The summed E-state index contributed by atoms with van der Waals surface area (Å²) in [6, 6.07) is 0. The Morgan fingerprint density at radius 2 is 0.585 bits per heavy atom. The molecule has 3 nitrogen and oxygen atoms in total. The Hall–Kier alpha value is -1.80. The molecule has 0 spiro atoms. The van der Waals surface area contributed by atoms with Crippen LogP contribution in [-0.2, 0) is 14.4 Å². The largest absolute Gasteiger partial charge is 0.478 e. The van der Waals surface area contributed by atoms with Crippen molar-refractivity contribution in [3.05, 3.63) is 0 Å². The van der Waals surface area contributed by atoms with Crippen LogP contribution in [0.2, 0.25) is 0 Å². The normalized spacial score (nSPS) is 40.1. The van der Waals surface area contributed by atoms with Crippen molar-refractivity contribution in [3.63, 3.8) is 0 Å². The van der Waals surface area contributed by atoms with Crippen LogP contribution in [0.3, 0.4) is 0 Å². The van der Waals surface area contributed by atoms with Crippen molar-refractivity contribution in [2.75, 3.05) is 0 Å². The minimum atomic E-state index is -8.87. The summed E-state index contributed by atoms with van der Waals surface area (Å²) in [5, 5.41) is 0. The summed E-state index contributed by atoms with van der Waals surface area (Å²) in [5.74, 6) is -52.3. The molecule has 4 aliphatic rings. The zero-order valence-electron chi connectivity index (χ0n) is 17.3. The van der Waals surface area contributed by atoms with Crippen LogP contribution in [0.15, 0.2) is 0 Å². The standard InChI is InChI=1S/C14F24O3/c15-1-5(18,19)2(16)7(22,23)3(17,6(1,20)21)10(28,29)4(8(1,24)25,9(2,26)27)39-11(30,31)12(32,33)40-13(34,35)14(36,37)41-38. The maximum absolute atomic E-state index is 14.8. The highest BCUT2D eigenvalue weighted by molar-refractivity contribution is 5.54. The van der Waals surface area contributed by atoms with Crippen LogP contribution < -0.4 is 0 Å². The number of hydrogen-bond donors (Lipinski definition) is 0. The molecule has 0 heterocycles. The molecule has 0 unspecified atom stereocenters. The average Bonchev–Trinajstić information content (AvgIpc) is 2.76. The van der Waals surface area contributed by atoms with Crippen LogP contribution >= 0.6 is 0 Å². The number of rotatable bonds is 7. The Labute approximate surface area is 204 Å². The van der Waals surface area contributed by atoms with Crippen LogP contribution in [0.1, 0.15) is 0 Å². The van der Waals surface area contributed by atoms with E-state index in [0.29, 0.717) is 0 Å². The number of ether oxygens (including phenoxy) is 2. The fourth-order valence-corrected chi connectivity index (χ4v) is 4.57. The van der Waals surface area contributed by atoms with Crippen molar-refractivity contribution in [2.45, 2.75) is 82.6 Å². The molecule has 4 aliphatic carbocycles. The van der Waals surface area contributed by atoms with E-state index in [1.165, 1.54) is 9.47 Å². The molecule has 0 aromatic rings. The molecular weight excluding hydrogens is 672 g/mol. The second-order valence-electron chi connectivity index (χ2n) is 8.45. The summed E-state index contributed by atoms with van der Waals surface area (Å²) in [7, 11) is 0. The van der Waals surface area contributed by atoms with Crippen molar-refractivity contribution < 1.29 is 120 Å². The Morgan fingerprint density at radius 3 is 0.829 bits per heavy atom. The van der Waals surface area contributed by atoms with Gasteiger partial charge in [-0.2, -0.15) is 87.8 Å². The summed E-state index contributed by atoms with van der Waals surface area (Å²) in [6.45, 7) is 0. The topological polar surface area (TPSA) is 27.7 Å². The first-order valence-corrected chi connectivity index (χ1v) is 9.02. The van der Waals surface area contributed by atoms with E-state index >= 15 is 0 Å². The van der Waals surface area contributed by atoms with E-state index < -0.39 is 82.6 Å². The zero-order valence-corrected chi connectivity index (χ0v) is 17.3. The quantitative estimate of drug-likeness (QED) is 0.273. The smallest absolute Gasteiger partial charge is 0.287 e. The summed E-state index contributed by atoms with van der Waals surface area (Å²) in [6.07, 6.45) is -31.7. The third-order valence-corrected chi connectivity index (χ3v) is 6.53. The van der Waals surface area contributed by atoms with Crippen LogP contribution in [0, 0.1) is 0 Å². The van der Waals surface area contributed by atoms with E-state index in [1.54, 1.807) is 0 Å². The Balaban J connectivity index is 2.46. The highest BCUT2D eigenvalue weighted by Crippen LogP contribution is 2.89. The zero-order chi connectivity index (χ0) is 33.1. The van der Waals surface area contributed by atoms with Gasteiger partial charge in [0.25, 0.3) is 5.60 Å². The molecule has 0 saturated heterocycles. The van der Waals surface area contributed by atoms with E-state index in [4.69, 9.17) is 0 Å². The minimum Gasteiger partial charge on any atom is -0.287 e. The Kier molecular flexibility index (Phi) is 5.99. The fraction of sp³-hybridized carbons (Fsp3) is 1.00. The number of alkyl halides is 23. The lowest BCUT2D eigenvalue weighted by Crippen LogP contribution is -3.10. The lowest BCUT2D eigenvalue weighted by molar-refractivity contribution is -0.641. The molecule has 242 valence electrons. The predicted octanol–water partition coefficient (Wildman–Crippen LogP) is 7.01. The average molecular weight is 672 g/mol. The van der Waals surface area contributed by atoms with Crippen LogP contribution in [0.4, 0.5) is 106 Å². The SMILES string of the molecule is FOC(F)(F)C(F)(F)OC(F)(F)C(F)(F)OC12C(F)(F)C3(F)C(F)(F)C(F)(C(F)(F)C(F)(C3(F)F)C1(F)F)C2(F)F. The van der Waals surface area contributed by atoms with Gasteiger partial charge >= 0.3 is 77.0 Å². The van der Waals surface area contributed by atoms with Gasteiger partial charge in [-0.1, -0.05) is 0 Å². The van der Waals surface area contributed by atoms with Crippen molar-refractivity contribution in [1.29, 1.82) is 0 Å². The van der Waals surface area contributed by atoms with Gasteiger partial charge in [-0.05, 0) is 4.53 Å². The van der Waals surface area contributed by atoms with Gasteiger partial charge < -0.3 is 0 Å². The monoisotopic (exact) mass is 672 g/mol. The minimum absolute atomic E-state index is 1.02. The van der Waals surface area contributed by atoms with E-state index in [9.17, 15) is 106 Å². The first-order valence-electron chi connectivity index (χ1n) is 9.02. The fourth-order valence-electron chi connectivity index (χ4n) is 4.57. The van der Waals surface area contributed by atoms with E-state index in [0.717, 1.165) is 4.94 Å². The molecule has 4 fully saturated rings. The third kappa shape index (κ3) is 2.58. The van der Waals surface area contributed by atoms with Crippen molar-refractivity contribution in [1.82, 2.24) is 0 Å². The molecule has 0 atom stereocenters. The van der Waals surface area contributed by atoms with Gasteiger partial charge in [0.05, 0.1) is 0 Å². The van der Waals surface area contributed by atoms with Gasteiger partial charge in [-0.15, -0.1) is 4.94 Å². The number of hydrogen-bond acceptors (Lipinski definition) is 3. The molecule has 41 heavy (non-hydrogen) atoms. The lowest BCUT2D eigenvalue weighted by Gasteiger charge is -2.74. The second kappa shape index (κ2) is 7.28. The maximum atomic E-state index is 14.8. The summed E-state index contributed by atoms with van der Waals surface area (Å²) in [5.41, 5.74) is -34.6. The predicted molar refractivity (Wildman–Crippen MR) is 68.1 cm³/mol. The third-order valence-electron chi connectivity index (χ3n) is 6.53. The highest BCUT2D eigenvalue weighted by Gasteiger charge is 3.24. The molecule has 4 saturated carbocycles. The maximum Gasteiger partial charge on any atom is 0.478 e. The summed E-state index contributed by atoms with van der Waals surface area (Å²) < 4.78 is 338. The van der Waals surface area contributed by atoms with Crippen LogP contribution in [0.25, 0.3) is 0 Å². The molecule has 0 aromatic heterocycles. The number of halogens is 24. The van der Waals surface area contributed by atoms with Gasteiger partial charge in [0.2, 0.25) is 0 Å². The van der Waals surface area contributed by atoms with Gasteiger partial charge in [0.1, 0.15) is 0 Å². The summed E-state index contributed by atoms with van der Waals surface area (Å²) >= 11 is 0. The first kappa shape index (κ1) is 33.7. The van der Waals surface area contributed by atoms with Crippen molar-refractivity contribution in [2.24, 2.45) is 0 Å². The molecule has 0 radical (unpaired) electrons. The van der Waals surface area contributed by atoms with E-state index in [-0.39, 0.29) is 0 Å². The Bertz CT molecular complexity index is 1010. The molecular formula is C14F24O3. The van der Waals surface area contributed by atoms with Gasteiger partial charge in [0.15, 0.2) is 0 Å². The molecule has 0 amide bonds. The van der Waals surface area contributed by atoms with E-state index in [1.807, 2.05) is 0 Å². The first-order chi connectivity index (χ1) is 17.5.